The highest BCUT2D eigenvalue weighted by atomic mass is 32.2. The lowest BCUT2D eigenvalue weighted by molar-refractivity contribution is 0.596. The minimum atomic E-state index is -4.01. The summed E-state index contributed by atoms with van der Waals surface area (Å²) < 4.78 is 43.8. The zero-order valence-electron chi connectivity index (χ0n) is 7.41. The normalized spacial score (nSPS) is 12.7. The molecular weight excluding hydrogens is 242 g/mol. The Balaban J connectivity index is 3.57. The Morgan fingerprint density at radius 2 is 1.13 bits per heavy atom. The number of sulfonamides is 2. The van der Waals surface area contributed by atoms with E-state index in [0.717, 1.165) is 18.2 Å². The fourth-order valence-electron chi connectivity index (χ4n) is 0.922. The van der Waals surface area contributed by atoms with Gasteiger partial charge in [-0.05, 0) is 18.2 Å². The lowest BCUT2D eigenvalue weighted by atomic mass is 10.3. The second-order valence-corrected chi connectivity index (χ2v) is 5.95. The summed E-state index contributed by atoms with van der Waals surface area (Å²) >= 11 is 0. The van der Waals surface area contributed by atoms with E-state index in [9.17, 15) is 16.8 Å². The first-order valence-electron chi connectivity index (χ1n) is 3.57. The second kappa shape index (κ2) is 3.45. The summed E-state index contributed by atoms with van der Waals surface area (Å²) in [4.78, 5) is -0.793. The topological polar surface area (TPSA) is 146 Å². The molecule has 7 nitrogen and oxygen atoms in total. The van der Waals surface area contributed by atoms with Crippen LogP contribution in [0.25, 0.3) is 0 Å². The van der Waals surface area contributed by atoms with E-state index in [2.05, 4.69) is 0 Å². The molecule has 0 spiro atoms. The number of hydrogen-bond donors (Lipinski definition) is 3. The number of primary sulfonamides is 2. The van der Waals surface area contributed by atoms with Crippen molar-refractivity contribution >= 4 is 25.7 Å². The van der Waals surface area contributed by atoms with Crippen molar-refractivity contribution in [3.63, 3.8) is 0 Å². The lowest BCUT2D eigenvalue weighted by Gasteiger charge is -2.03. The first-order valence-corrected chi connectivity index (χ1v) is 6.66. The maximum atomic E-state index is 11.0. The van der Waals surface area contributed by atoms with E-state index in [4.69, 9.17) is 16.0 Å². The van der Waals surface area contributed by atoms with Crippen molar-refractivity contribution in [1.29, 1.82) is 0 Å². The number of nitrogen functional groups attached to an aromatic ring is 1. The fourth-order valence-corrected chi connectivity index (χ4v) is 2.18. The van der Waals surface area contributed by atoms with Gasteiger partial charge in [-0.15, -0.1) is 0 Å². The molecule has 0 aliphatic carbocycles. The summed E-state index contributed by atoms with van der Waals surface area (Å²) in [5.74, 6) is 0. The molecule has 84 valence electrons. The van der Waals surface area contributed by atoms with E-state index in [1.54, 1.807) is 0 Å². The molecule has 1 aromatic rings. The SMILES string of the molecule is Nc1cc(S(N)(=O)=O)cc(S(N)(=O)=O)c1. The number of anilines is 1. The Hall–Kier alpha value is -1.16. The summed E-state index contributed by atoms with van der Waals surface area (Å²) in [6.45, 7) is 0. The van der Waals surface area contributed by atoms with Crippen molar-refractivity contribution in [1.82, 2.24) is 0 Å². The van der Waals surface area contributed by atoms with Crippen LogP contribution in [0, 0.1) is 0 Å². The Bertz CT molecular complexity index is 541. The summed E-state index contributed by atoms with van der Waals surface area (Å²) in [6, 6.07) is 2.94. The van der Waals surface area contributed by atoms with Crippen molar-refractivity contribution in [3.8, 4) is 0 Å². The molecule has 9 heteroatoms. The van der Waals surface area contributed by atoms with Gasteiger partial charge < -0.3 is 5.73 Å². The number of rotatable bonds is 2. The molecule has 0 unspecified atom stereocenters. The second-order valence-electron chi connectivity index (χ2n) is 2.83. The van der Waals surface area contributed by atoms with Crippen LogP contribution in [-0.2, 0) is 20.0 Å². The molecule has 6 N–H and O–H groups in total. The predicted octanol–water partition coefficient (Wildman–Crippen LogP) is -1.44. The van der Waals surface area contributed by atoms with E-state index >= 15 is 0 Å². The Kier molecular flexibility index (Phi) is 2.74. The van der Waals surface area contributed by atoms with Crippen molar-refractivity contribution in [2.24, 2.45) is 10.3 Å². The molecule has 0 amide bonds. The highest BCUT2D eigenvalue weighted by Crippen LogP contribution is 2.18. The van der Waals surface area contributed by atoms with Crippen LogP contribution in [0.4, 0.5) is 5.69 Å². The molecule has 0 aliphatic rings. The summed E-state index contributed by atoms with van der Waals surface area (Å²) in [6.07, 6.45) is 0. The molecular formula is C6H9N3O4S2. The van der Waals surface area contributed by atoms with Crippen LogP contribution < -0.4 is 16.0 Å². The van der Waals surface area contributed by atoms with E-state index in [1.165, 1.54) is 0 Å². The molecule has 0 heterocycles. The van der Waals surface area contributed by atoms with E-state index < -0.39 is 29.8 Å². The maximum Gasteiger partial charge on any atom is 0.238 e. The van der Waals surface area contributed by atoms with Gasteiger partial charge in [-0.3, -0.25) is 0 Å². The van der Waals surface area contributed by atoms with Gasteiger partial charge in [-0.1, -0.05) is 0 Å². The van der Waals surface area contributed by atoms with Gasteiger partial charge in [0.15, 0.2) is 0 Å². The molecule has 0 saturated carbocycles. The average Bonchev–Trinajstić information content (AvgIpc) is 1.99. The minimum absolute atomic E-state index is 0.0504. The lowest BCUT2D eigenvalue weighted by Crippen LogP contribution is -2.16. The molecule has 1 rings (SSSR count). The predicted molar refractivity (Wildman–Crippen MR) is 53.6 cm³/mol. The fraction of sp³-hybridized carbons (Fsp3) is 0. The van der Waals surface area contributed by atoms with E-state index in [0.29, 0.717) is 0 Å². The van der Waals surface area contributed by atoms with Crippen LogP contribution in [0.3, 0.4) is 0 Å². The molecule has 0 saturated heterocycles. The summed E-state index contributed by atoms with van der Waals surface area (Å²) in [5, 5.41) is 9.64. The third-order valence-electron chi connectivity index (χ3n) is 1.56. The Morgan fingerprint density at radius 3 is 1.40 bits per heavy atom. The molecule has 0 bridgehead atoms. The van der Waals surface area contributed by atoms with Gasteiger partial charge in [0.05, 0.1) is 9.79 Å². The zero-order valence-corrected chi connectivity index (χ0v) is 9.05. The number of hydrogen-bond acceptors (Lipinski definition) is 5. The average molecular weight is 251 g/mol. The smallest absolute Gasteiger partial charge is 0.238 e. The number of nitrogens with two attached hydrogens (primary N) is 3. The van der Waals surface area contributed by atoms with E-state index in [-0.39, 0.29) is 5.69 Å². The zero-order chi connectivity index (χ0) is 11.9. The largest absolute Gasteiger partial charge is 0.399 e. The minimum Gasteiger partial charge on any atom is -0.399 e. The van der Waals surface area contributed by atoms with Gasteiger partial charge in [-0.25, -0.2) is 27.1 Å². The van der Waals surface area contributed by atoms with Crippen LogP contribution in [0.15, 0.2) is 28.0 Å². The monoisotopic (exact) mass is 251 g/mol. The van der Waals surface area contributed by atoms with Gasteiger partial charge in [0.1, 0.15) is 0 Å². The molecule has 0 fully saturated rings. The van der Waals surface area contributed by atoms with Crippen molar-refractivity contribution in [2.75, 3.05) is 5.73 Å². The summed E-state index contributed by atoms with van der Waals surface area (Å²) in [5.41, 5.74) is 5.26. The molecule has 0 aromatic heterocycles. The standard InChI is InChI=1S/C6H9N3O4S2/c7-4-1-5(14(8,10)11)3-6(2-4)15(9,12)13/h1-3H,7H2,(H2,8,10,11)(H2,9,12,13). The van der Waals surface area contributed by atoms with Gasteiger partial charge in [0.25, 0.3) is 0 Å². The van der Waals surface area contributed by atoms with Crippen LogP contribution in [0.1, 0.15) is 0 Å². The highest BCUT2D eigenvalue weighted by Gasteiger charge is 2.15. The molecule has 0 aliphatic heterocycles. The first-order chi connectivity index (χ1) is 6.60. The van der Waals surface area contributed by atoms with Crippen LogP contribution in [0.2, 0.25) is 0 Å². The third-order valence-corrected chi connectivity index (χ3v) is 3.34. The van der Waals surface area contributed by atoms with Crippen molar-refractivity contribution < 1.29 is 16.8 Å². The van der Waals surface area contributed by atoms with E-state index in [1.807, 2.05) is 0 Å². The Labute approximate surface area is 87.0 Å². The highest BCUT2D eigenvalue weighted by molar-refractivity contribution is 7.90. The van der Waals surface area contributed by atoms with Crippen LogP contribution in [-0.4, -0.2) is 16.8 Å². The van der Waals surface area contributed by atoms with Gasteiger partial charge >= 0.3 is 0 Å². The molecule has 0 radical (unpaired) electrons. The Morgan fingerprint density at radius 1 is 0.800 bits per heavy atom. The maximum absolute atomic E-state index is 11.0. The number of benzene rings is 1. The molecule has 15 heavy (non-hydrogen) atoms. The molecule has 0 atom stereocenters. The van der Waals surface area contributed by atoms with Gasteiger partial charge in [-0.2, -0.15) is 0 Å². The van der Waals surface area contributed by atoms with Crippen LogP contribution >= 0.6 is 0 Å². The van der Waals surface area contributed by atoms with Crippen LogP contribution in [0.5, 0.6) is 0 Å². The van der Waals surface area contributed by atoms with Gasteiger partial charge in [0, 0.05) is 5.69 Å². The van der Waals surface area contributed by atoms with Crippen molar-refractivity contribution in [3.05, 3.63) is 18.2 Å². The molecule has 1 aromatic carbocycles. The first kappa shape index (κ1) is 11.9. The van der Waals surface area contributed by atoms with Crippen molar-refractivity contribution in [2.45, 2.75) is 9.79 Å². The van der Waals surface area contributed by atoms with Gasteiger partial charge in [0.2, 0.25) is 20.0 Å². The summed E-state index contributed by atoms with van der Waals surface area (Å²) in [7, 11) is -8.02. The third kappa shape index (κ3) is 2.89. The quantitative estimate of drug-likeness (QED) is 0.551.